The van der Waals surface area contributed by atoms with Crippen molar-refractivity contribution in [1.82, 2.24) is 0 Å². The van der Waals surface area contributed by atoms with Crippen molar-refractivity contribution in [2.24, 2.45) is 0 Å². The van der Waals surface area contributed by atoms with Crippen LogP contribution in [0.5, 0.6) is 5.75 Å². The number of thioether (sulfide) groups is 1. The second-order valence-corrected chi connectivity index (χ2v) is 5.35. The molecular formula is C16H16O3S. The van der Waals surface area contributed by atoms with E-state index in [1.54, 1.807) is 23.9 Å². The fourth-order valence-electron chi connectivity index (χ4n) is 1.80. The van der Waals surface area contributed by atoms with Crippen LogP contribution >= 0.6 is 11.8 Å². The molecule has 4 heteroatoms. The summed E-state index contributed by atoms with van der Waals surface area (Å²) in [5, 5.41) is 9.25. The van der Waals surface area contributed by atoms with Crippen LogP contribution in [-0.2, 0) is 21.7 Å². The van der Waals surface area contributed by atoms with E-state index in [0.29, 0.717) is 6.42 Å². The summed E-state index contributed by atoms with van der Waals surface area (Å²) in [5.41, 5.74) is 2.11. The summed E-state index contributed by atoms with van der Waals surface area (Å²) in [6.07, 6.45) is 0.294. The number of methoxy groups -OCH3 is 1. The highest BCUT2D eigenvalue weighted by atomic mass is 32.2. The molecule has 2 rings (SSSR count). The molecule has 0 bridgehead atoms. The predicted octanol–water partition coefficient (Wildman–Crippen LogP) is 3.40. The van der Waals surface area contributed by atoms with Crippen LogP contribution in [0, 0.1) is 0 Å². The molecule has 104 valence electrons. The second-order valence-electron chi connectivity index (χ2n) is 4.30. The van der Waals surface area contributed by atoms with E-state index in [1.807, 2.05) is 36.4 Å². The molecule has 1 N–H and O–H groups in total. The molecule has 20 heavy (non-hydrogen) atoms. The van der Waals surface area contributed by atoms with Gasteiger partial charge in [0.15, 0.2) is 0 Å². The number of carbonyl (C=O) groups excluding carboxylic acids is 1. The molecule has 0 aliphatic heterocycles. The van der Waals surface area contributed by atoms with Gasteiger partial charge in [-0.3, -0.25) is 4.79 Å². The van der Waals surface area contributed by atoms with E-state index < -0.39 is 0 Å². The number of phenolic OH excluding ortho intramolecular Hbond substituents is 1. The van der Waals surface area contributed by atoms with Gasteiger partial charge in [0.25, 0.3) is 0 Å². The van der Waals surface area contributed by atoms with E-state index in [-0.39, 0.29) is 11.7 Å². The minimum atomic E-state index is -0.230. The monoisotopic (exact) mass is 288 g/mol. The maximum atomic E-state index is 11.4. The molecule has 0 aliphatic rings. The first-order valence-electron chi connectivity index (χ1n) is 6.24. The van der Waals surface area contributed by atoms with E-state index in [9.17, 15) is 9.90 Å². The number of ether oxygens (including phenoxy) is 1. The number of aromatic hydroxyl groups is 1. The molecule has 0 heterocycles. The Balaban J connectivity index is 2.05. The van der Waals surface area contributed by atoms with Crippen molar-refractivity contribution in [3.05, 3.63) is 59.7 Å². The highest BCUT2D eigenvalue weighted by Crippen LogP contribution is 2.26. The molecular weight excluding hydrogens is 272 g/mol. The van der Waals surface area contributed by atoms with Gasteiger partial charge in [0.2, 0.25) is 0 Å². The zero-order valence-corrected chi connectivity index (χ0v) is 12.0. The number of phenols is 1. The van der Waals surface area contributed by atoms with Gasteiger partial charge >= 0.3 is 5.97 Å². The molecule has 2 aromatic carbocycles. The first kappa shape index (κ1) is 14.5. The van der Waals surface area contributed by atoms with Crippen molar-refractivity contribution in [2.75, 3.05) is 7.11 Å². The van der Waals surface area contributed by atoms with E-state index in [2.05, 4.69) is 0 Å². The summed E-state index contributed by atoms with van der Waals surface area (Å²) < 4.78 is 4.71. The van der Waals surface area contributed by atoms with Gasteiger partial charge in [0.05, 0.1) is 13.5 Å². The van der Waals surface area contributed by atoms with Gasteiger partial charge in [-0.15, -0.1) is 11.8 Å². The fourth-order valence-corrected chi connectivity index (χ4v) is 2.73. The van der Waals surface area contributed by atoms with Crippen LogP contribution in [0.4, 0.5) is 0 Å². The smallest absolute Gasteiger partial charge is 0.309 e. The zero-order chi connectivity index (χ0) is 14.4. The molecule has 3 nitrogen and oxygen atoms in total. The van der Waals surface area contributed by atoms with Crippen LogP contribution < -0.4 is 0 Å². The molecule has 0 radical (unpaired) electrons. The SMILES string of the molecule is COC(=O)Cc1ccccc1CSc1ccc(O)cc1. The number of hydrogen-bond acceptors (Lipinski definition) is 4. The molecule has 0 amide bonds. The van der Waals surface area contributed by atoms with E-state index in [4.69, 9.17) is 4.74 Å². The van der Waals surface area contributed by atoms with Crippen molar-refractivity contribution in [3.63, 3.8) is 0 Å². The Kier molecular flexibility index (Phi) is 5.07. The Morgan fingerprint density at radius 3 is 2.40 bits per heavy atom. The van der Waals surface area contributed by atoms with Gasteiger partial charge in [-0.1, -0.05) is 24.3 Å². The molecule has 0 saturated carbocycles. The van der Waals surface area contributed by atoms with Gasteiger partial charge in [-0.2, -0.15) is 0 Å². The maximum absolute atomic E-state index is 11.4. The predicted molar refractivity (Wildman–Crippen MR) is 79.8 cm³/mol. The highest BCUT2D eigenvalue weighted by molar-refractivity contribution is 7.98. The van der Waals surface area contributed by atoms with Gasteiger partial charge < -0.3 is 9.84 Å². The minimum Gasteiger partial charge on any atom is -0.508 e. The van der Waals surface area contributed by atoms with Crippen molar-refractivity contribution in [2.45, 2.75) is 17.1 Å². The summed E-state index contributed by atoms with van der Waals surface area (Å²) in [7, 11) is 1.40. The third-order valence-corrected chi connectivity index (χ3v) is 3.97. The summed E-state index contributed by atoms with van der Waals surface area (Å²) in [4.78, 5) is 12.5. The minimum absolute atomic E-state index is 0.230. The summed E-state index contributed by atoms with van der Waals surface area (Å²) in [5.74, 6) is 0.810. The van der Waals surface area contributed by atoms with Crippen LogP contribution in [0.3, 0.4) is 0 Å². The van der Waals surface area contributed by atoms with Crippen LogP contribution in [-0.4, -0.2) is 18.2 Å². The first-order chi connectivity index (χ1) is 9.69. The lowest BCUT2D eigenvalue weighted by Gasteiger charge is -2.08. The number of hydrogen-bond donors (Lipinski definition) is 1. The van der Waals surface area contributed by atoms with Crippen LogP contribution in [0.1, 0.15) is 11.1 Å². The molecule has 2 aromatic rings. The Labute approximate surface area is 122 Å². The second kappa shape index (κ2) is 7.01. The van der Waals surface area contributed by atoms with E-state index in [1.165, 1.54) is 7.11 Å². The van der Waals surface area contributed by atoms with E-state index in [0.717, 1.165) is 21.8 Å². The Hall–Kier alpha value is -1.94. The van der Waals surface area contributed by atoms with Gasteiger partial charge in [0, 0.05) is 10.6 Å². The quantitative estimate of drug-likeness (QED) is 0.676. The number of esters is 1. The topological polar surface area (TPSA) is 46.5 Å². The zero-order valence-electron chi connectivity index (χ0n) is 11.2. The molecule has 0 aliphatic carbocycles. The van der Waals surface area contributed by atoms with Crippen molar-refractivity contribution < 1.29 is 14.6 Å². The molecule has 0 saturated heterocycles. The lowest BCUT2D eigenvalue weighted by atomic mass is 10.1. The Morgan fingerprint density at radius 2 is 1.75 bits per heavy atom. The number of rotatable bonds is 5. The molecule has 0 fully saturated rings. The summed E-state index contributed by atoms with van der Waals surface area (Å²) >= 11 is 1.67. The van der Waals surface area contributed by atoms with Gasteiger partial charge in [-0.25, -0.2) is 0 Å². The largest absolute Gasteiger partial charge is 0.508 e. The summed E-state index contributed by atoms with van der Waals surface area (Å²) in [6, 6.07) is 15.0. The Bertz CT molecular complexity index is 579. The van der Waals surface area contributed by atoms with Crippen molar-refractivity contribution >= 4 is 17.7 Å². The van der Waals surface area contributed by atoms with Gasteiger partial charge in [0.1, 0.15) is 5.75 Å². The first-order valence-corrected chi connectivity index (χ1v) is 7.23. The summed E-state index contributed by atoms with van der Waals surface area (Å²) in [6.45, 7) is 0. The molecule has 0 unspecified atom stereocenters. The van der Waals surface area contributed by atoms with Crippen LogP contribution in [0.2, 0.25) is 0 Å². The lowest BCUT2D eigenvalue weighted by Crippen LogP contribution is -2.06. The third-order valence-electron chi connectivity index (χ3n) is 2.91. The highest BCUT2D eigenvalue weighted by Gasteiger charge is 2.08. The average Bonchev–Trinajstić information content (AvgIpc) is 2.48. The Morgan fingerprint density at radius 1 is 1.10 bits per heavy atom. The van der Waals surface area contributed by atoms with Crippen molar-refractivity contribution in [3.8, 4) is 5.75 Å². The molecule has 0 atom stereocenters. The number of carbonyl (C=O) groups is 1. The molecule has 0 spiro atoms. The average molecular weight is 288 g/mol. The number of benzene rings is 2. The fraction of sp³-hybridized carbons (Fsp3) is 0.188. The normalized spacial score (nSPS) is 10.2. The third kappa shape index (κ3) is 4.03. The standard InChI is InChI=1S/C16H16O3S/c1-19-16(18)10-12-4-2-3-5-13(12)11-20-15-8-6-14(17)7-9-15/h2-9,17H,10-11H2,1H3. The van der Waals surface area contributed by atoms with Crippen LogP contribution in [0.25, 0.3) is 0 Å². The van der Waals surface area contributed by atoms with Crippen LogP contribution in [0.15, 0.2) is 53.4 Å². The van der Waals surface area contributed by atoms with Crippen molar-refractivity contribution in [1.29, 1.82) is 0 Å². The lowest BCUT2D eigenvalue weighted by molar-refractivity contribution is -0.139. The van der Waals surface area contributed by atoms with Gasteiger partial charge in [-0.05, 0) is 35.4 Å². The van der Waals surface area contributed by atoms with E-state index >= 15 is 0 Å². The maximum Gasteiger partial charge on any atom is 0.309 e. The molecule has 0 aromatic heterocycles.